The number of benzene rings is 1. The molecule has 0 bridgehead atoms. The summed E-state index contributed by atoms with van der Waals surface area (Å²) in [6.45, 7) is 3.62. The van der Waals surface area contributed by atoms with E-state index in [0.29, 0.717) is 10.7 Å². The maximum atomic E-state index is 11.6. The number of hydrogen-bond donors (Lipinski definition) is 1. The molecule has 1 N–H and O–H groups in total. The summed E-state index contributed by atoms with van der Waals surface area (Å²) in [5.74, 6) is 0.753. The summed E-state index contributed by atoms with van der Waals surface area (Å²) in [4.78, 5) is 18.7. The molecule has 5 heteroatoms. The van der Waals surface area contributed by atoms with Crippen molar-refractivity contribution in [3.63, 3.8) is 0 Å². The predicted molar refractivity (Wildman–Crippen MR) is 75.3 cm³/mol. The van der Waals surface area contributed by atoms with E-state index in [2.05, 4.69) is 9.97 Å². The standard InChI is InChI=1S/C13H13ClN2OS/c1-8-9(2)15-13(16-12(8)17)18-7-10-3-5-11(14)6-4-10/h3-6H,7H2,1-2H3,(H,15,16,17). The van der Waals surface area contributed by atoms with Gasteiger partial charge in [-0.3, -0.25) is 4.79 Å². The Bertz CT molecular complexity index is 607. The lowest BCUT2D eigenvalue weighted by Gasteiger charge is -2.04. The van der Waals surface area contributed by atoms with Crippen LogP contribution in [0.1, 0.15) is 16.8 Å². The van der Waals surface area contributed by atoms with Crippen LogP contribution >= 0.6 is 23.4 Å². The van der Waals surface area contributed by atoms with E-state index in [1.165, 1.54) is 11.8 Å². The monoisotopic (exact) mass is 280 g/mol. The average molecular weight is 281 g/mol. The molecule has 0 atom stereocenters. The van der Waals surface area contributed by atoms with E-state index in [0.717, 1.165) is 22.0 Å². The highest BCUT2D eigenvalue weighted by Gasteiger charge is 2.04. The van der Waals surface area contributed by atoms with Gasteiger partial charge in [-0.25, -0.2) is 4.98 Å². The smallest absolute Gasteiger partial charge is 0.254 e. The first-order valence-corrected chi connectivity index (χ1v) is 6.87. The van der Waals surface area contributed by atoms with Crippen LogP contribution in [0.3, 0.4) is 0 Å². The van der Waals surface area contributed by atoms with Crippen LogP contribution in [0, 0.1) is 13.8 Å². The van der Waals surface area contributed by atoms with Gasteiger partial charge in [-0.05, 0) is 31.5 Å². The Hall–Kier alpha value is -1.26. The van der Waals surface area contributed by atoms with E-state index in [9.17, 15) is 4.79 Å². The number of H-pyrrole nitrogens is 1. The minimum atomic E-state index is -0.0684. The molecule has 18 heavy (non-hydrogen) atoms. The van der Waals surface area contributed by atoms with Crippen LogP contribution in [0.25, 0.3) is 0 Å². The summed E-state index contributed by atoms with van der Waals surface area (Å²) in [5.41, 5.74) is 2.52. The van der Waals surface area contributed by atoms with Crippen molar-refractivity contribution in [2.24, 2.45) is 0 Å². The normalized spacial score (nSPS) is 10.6. The molecule has 1 aromatic heterocycles. The number of aromatic amines is 1. The second-order valence-electron chi connectivity index (χ2n) is 4.00. The number of hydrogen-bond acceptors (Lipinski definition) is 3. The van der Waals surface area contributed by atoms with Gasteiger partial charge in [0.15, 0.2) is 5.16 Å². The fourth-order valence-electron chi connectivity index (χ4n) is 1.42. The summed E-state index contributed by atoms with van der Waals surface area (Å²) >= 11 is 7.33. The zero-order valence-corrected chi connectivity index (χ0v) is 11.7. The molecule has 0 amide bonds. The van der Waals surface area contributed by atoms with Gasteiger partial charge < -0.3 is 4.98 Å². The quantitative estimate of drug-likeness (QED) is 0.693. The molecule has 0 aliphatic carbocycles. The minimum Gasteiger partial charge on any atom is -0.301 e. The Morgan fingerprint density at radius 2 is 1.94 bits per heavy atom. The third kappa shape index (κ3) is 3.15. The largest absolute Gasteiger partial charge is 0.301 e. The first-order valence-electron chi connectivity index (χ1n) is 5.51. The highest BCUT2D eigenvalue weighted by Crippen LogP contribution is 2.20. The van der Waals surface area contributed by atoms with Crippen LogP contribution in [0.5, 0.6) is 0 Å². The Balaban J connectivity index is 2.11. The number of thioether (sulfide) groups is 1. The number of halogens is 1. The first-order chi connectivity index (χ1) is 8.56. The Morgan fingerprint density at radius 1 is 1.28 bits per heavy atom. The second-order valence-corrected chi connectivity index (χ2v) is 5.40. The average Bonchev–Trinajstić information content (AvgIpc) is 2.35. The van der Waals surface area contributed by atoms with Crippen molar-refractivity contribution in [1.82, 2.24) is 9.97 Å². The summed E-state index contributed by atoms with van der Waals surface area (Å²) in [7, 11) is 0. The van der Waals surface area contributed by atoms with Gasteiger partial charge in [-0.1, -0.05) is 35.5 Å². The van der Waals surface area contributed by atoms with Gasteiger partial charge in [-0.2, -0.15) is 0 Å². The lowest BCUT2D eigenvalue weighted by Crippen LogP contribution is -2.13. The van der Waals surface area contributed by atoms with Crippen LogP contribution < -0.4 is 5.56 Å². The number of rotatable bonds is 3. The zero-order chi connectivity index (χ0) is 13.1. The predicted octanol–water partition coefficient (Wildman–Crippen LogP) is 3.33. The van der Waals surface area contributed by atoms with Gasteiger partial charge in [0.05, 0.1) is 0 Å². The molecular weight excluding hydrogens is 268 g/mol. The maximum Gasteiger partial charge on any atom is 0.254 e. The van der Waals surface area contributed by atoms with Crippen molar-refractivity contribution in [3.8, 4) is 0 Å². The second kappa shape index (κ2) is 5.59. The number of aromatic nitrogens is 2. The molecule has 2 rings (SSSR count). The Morgan fingerprint density at radius 3 is 2.56 bits per heavy atom. The molecule has 0 saturated heterocycles. The van der Waals surface area contributed by atoms with Gasteiger partial charge in [0, 0.05) is 22.0 Å². The molecule has 0 saturated carbocycles. The van der Waals surface area contributed by atoms with Gasteiger partial charge >= 0.3 is 0 Å². The molecule has 0 aliphatic heterocycles. The molecule has 0 radical (unpaired) electrons. The SMILES string of the molecule is Cc1nc(SCc2ccc(Cl)cc2)[nH]c(=O)c1C. The Kier molecular flexibility index (Phi) is 4.09. The fourth-order valence-corrected chi connectivity index (χ4v) is 2.41. The highest BCUT2D eigenvalue weighted by atomic mass is 35.5. The Labute approximate surface area is 115 Å². The summed E-state index contributed by atoms with van der Waals surface area (Å²) < 4.78 is 0. The number of nitrogens with one attached hydrogen (secondary N) is 1. The molecule has 94 valence electrons. The van der Waals surface area contributed by atoms with Crippen molar-refractivity contribution in [1.29, 1.82) is 0 Å². The molecule has 1 heterocycles. The van der Waals surface area contributed by atoms with Crippen LogP contribution in [0.15, 0.2) is 34.2 Å². The molecule has 0 fully saturated rings. The van der Waals surface area contributed by atoms with Crippen molar-refractivity contribution < 1.29 is 0 Å². The van der Waals surface area contributed by atoms with E-state index >= 15 is 0 Å². The first kappa shape index (κ1) is 13.2. The van der Waals surface area contributed by atoms with E-state index in [1.807, 2.05) is 31.2 Å². The van der Waals surface area contributed by atoms with Gasteiger partial charge in [-0.15, -0.1) is 0 Å². The van der Waals surface area contributed by atoms with Crippen LogP contribution in [0.2, 0.25) is 5.02 Å². The van der Waals surface area contributed by atoms with Crippen molar-refractivity contribution in [2.75, 3.05) is 0 Å². The molecule has 2 aromatic rings. The highest BCUT2D eigenvalue weighted by molar-refractivity contribution is 7.98. The van der Waals surface area contributed by atoms with Crippen molar-refractivity contribution in [3.05, 3.63) is 56.5 Å². The lowest BCUT2D eigenvalue weighted by molar-refractivity contribution is 0.883. The fraction of sp³-hybridized carbons (Fsp3) is 0.231. The maximum absolute atomic E-state index is 11.6. The van der Waals surface area contributed by atoms with E-state index in [-0.39, 0.29) is 5.56 Å². The third-order valence-corrected chi connectivity index (χ3v) is 3.86. The molecule has 3 nitrogen and oxygen atoms in total. The van der Waals surface area contributed by atoms with Gasteiger partial charge in [0.2, 0.25) is 0 Å². The van der Waals surface area contributed by atoms with Crippen LogP contribution in [-0.4, -0.2) is 9.97 Å². The number of aryl methyl sites for hydroxylation is 1. The third-order valence-electron chi connectivity index (χ3n) is 2.66. The molecule has 0 aliphatic rings. The topological polar surface area (TPSA) is 45.8 Å². The minimum absolute atomic E-state index is 0.0684. The zero-order valence-electron chi connectivity index (χ0n) is 10.2. The lowest BCUT2D eigenvalue weighted by atomic mass is 10.2. The summed E-state index contributed by atoms with van der Waals surface area (Å²) in [6, 6.07) is 7.64. The van der Waals surface area contributed by atoms with Gasteiger partial charge in [0.1, 0.15) is 0 Å². The molecule has 0 unspecified atom stereocenters. The summed E-state index contributed by atoms with van der Waals surface area (Å²) in [5, 5.41) is 1.37. The van der Waals surface area contributed by atoms with E-state index in [4.69, 9.17) is 11.6 Å². The van der Waals surface area contributed by atoms with E-state index < -0.39 is 0 Å². The number of nitrogens with zero attached hydrogens (tertiary/aromatic N) is 1. The van der Waals surface area contributed by atoms with Gasteiger partial charge in [0.25, 0.3) is 5.56 Å². The van der Waals surface area contributed by atoms with Crippen LogP contribution in [0.4, 0.5) is 0 Å². The summed E-state index contributed by atoms with van der Waals surface area (Å²) in [6.07, 6.45) is 0. The molecule has 1 aromatic carbocycles. The van der Waals surface area contributed by atoms with E-state index in [1.54, 1.807) is 6.92 Å². The van der Waals surface area contributed by atoms with Crippen molar-refractivity contribution in [2.45, 2.75) is 24.8 Å². The molecular formula is C13H13ClN2OS. The van der Waals surface area contributed by atoms with Crippen molar-refractivity contribution >= 4 is 23.4 Å². The van der Waals surface area contributed by atoms with Crippen LogP contribution in [-0.2, 0) is 5.75 Å². The molecule has 0 spiro atoms.